The molecular weight excluding hydrogens is 386 g/mol. The molecular formula is C23H26ClN3O2. The molecule has 3 rings (SSSR count). The van der Waals surface area contributed by atoms with Crippen LogP contribution in [0.15, 0.2) is 54.6 Å². The van der Waals surface area contributed by atoms with Crippen molar-refractivity contribution >= 4 is 35.2 Å². The number of piperazine rings is 1. The number of amides is 2. The van der Waals surface area contributed by atoms with Crippen molar-refractivity contribution < 1.29 is 9.59 Å². The Morgan fingerprint density at radius 1 is 1.03 bits per heavy atom. The average molecular weight is 412 g/mol. The molecule has 1 aliphatic rings. The molecule has 0 saturated carbocycles. The van der Waals surface area contributed by atoms with E-state index < -0.39 is 0 Å². The summed E-state index contributed by atoms with van der Waals surface area (Å²) >= 11 is 5.87. The summed E-state index contributed by atoms with van der Waals surface area (Å²) in [7, 11) is 0. The van der Waals surface area contributed by atoms with Crippen molar-refractivity contribution in [2.45, 2.75) is 13.3 Å². The second-order valence-corrected chi connectivity index (χ2v) is 7.48. The molecule has 1 heterocycles. The van der Waals surface area contributed by atoms with E-state index in [1.165, 1.54) is 0 Å². The van der Waals surface area contributed by atoms with Crippen LogP contribution in [0.3, 0.4) is 0 Å². The third-order valence-corrected chi connectivity index (χ3v) is 5.26. The molecule has 1 fully saturated rings. The van der Waals surface area contributed by atoms with Gasteiger partial charge in [-0.2, -0.15) is 0 Å². The Kier molecular flexibility index (Phi) is 7.44. The maximum atomic E-state index is 12.4. The molecule has 5 nitrogen and oxygen atoms in total. The first kappa shape index (κ1) is 21.1. The van der Waals surface area contributed by atoms with Gasteiger partial charge in [0.05, 0.1) is 6.54 Å². The Labute approximate surface area is 177 Å². The van der Waals surface area contributed by atoms with Crippen molar-refractivity contribution in [3.63, 3.8) is 0 Å². The van der Waals surface area contributed by atoms with Gasteiger partial charge in [0, 0.05) is 43.0 Å². The number of benzene rings is 2. The van der Waals surface area contributed by atoms with E-state index in [4.69, 9.17) is 11.6 Å². The third kappa shape index (κ3) is 6.17. The first-order valence-electron chi connectivity index (χ1n) is 9.88. The smallest absolute Gasteiger partial charge is 0.246 e. The van der Waals surface area contributed by atoms with Gasteiger partial charge in [-0.15, -0.1) is 0 Å². The van der Waals surface area contributed by atoms with Crippen molar-refractivity contribution in [1.82, 2.24) is 9.80 Å². The predicted octanol–water partition coefficient (Wildman–Crippen LogP) is 3.70. The summed E-state index contributed by atoms with van der Waals surface area (Å²) in [6.07, 6.45) is 4.26. The van der Waals surface area contributed by atoms with E-state index in [2.05, 4.69) is 17.1 Å². The van der Waals surface area contributed by atoms with E-state index in [0.717, 1.165) is 23.2 Å². The molecule has 0 radical (unpaired) electrons. The lowest BCUT2D eigenvalue weighted by atomic mass is 10.1. The van der Waals surface area contributed by atoms with Crippen LogP contribution in [0.1, 0.15) is 18.1 Å². The van der Waals surface area contributed by atoms with Crippen LogP contribution in [0.5, 0.6) is 0 Å². The van der Waals surface area contributed by atoms with Gasteiger partial charge in [0.15, 0.2) is 0 Å². The number of halogens is 1. The van der Waals surface area contributed by atoms with E-state index in [1.807, 2.05) is 41.3 Å². The summed E-state index contributed by atoms with van der Waals surface area (Å²) in [6, 6.07) is 15.2. The van der Waals surface area contributed by atoms with Gasteiger partial charge >= 0.3 is 0 Å². The minimum Gasteiger partial charge on any atom is -0.337 e. The second kappa shape index (κ2) is 10.2. The fraction of sp³-hybridized carbons (Fsp3) is 0.304. The Bertz CT molecular complexity index is 872. The number of carbonyl (C=O) groups is 2. The van der Waals surface area contributed by atoms with Crippen LogP contribution in [0.25, 0.3) is 6.08 Å². The summed E-state index contributed by atoms with van der Waals surface area (Å²) in [6.45, 7) is 5.00. The molecule has 1 saturated heterocycles. The van der Waals surface area contributed by atoms with Crippen LogP contribution in [0, 0.1) is 0 Å². The average Bonchev–Trinajstić information content (AvgIpc) is 2.74. The largest absolute Gasteiger partial charge is 0.337 e. The minimum atomic E-state index is -0.0201. The quantitative estimate of drug-likeness (QED) is 0.737. The Morgan fingerprint density at radius 2 is 1.72 bits per heavy atom. The highest BCUT2D eigenvalue weighted by molar-refractivity contribution is 6.30. The fourth-order valence-corrected chi connectivity index (χ4v) is 3.44. The molecule has 0 spiro atoms. The summed E-state index contributed by atoms with van der Waals surface area (Å²) < 4.78 is 0. The molecule has 0 aromatic heterocycles. The number of para-hydroxylation sites is 1. The lowest BCUT2D eigenvalue weighted by molar-refractivity contribution is -0.127. The number of hydrogen-bond acceptors (Lipinski definition) is 3. The lowest BCUT2D eigenvalue weighted by Crippen LogP contribution is -2.50. The van der Waals surface area contributed by atoms with E-state index >= 15 is 0 Å². The molecule has 0 unspecified atom stereocenters. The number of carbonyl (C=O) groups excluding carboxylic acids is 2. The number of nitrogens with zero attached hydrogens (tertiary/aromatic N) is 2. The number of nitrogens with one attached hydrogen (secondary N) is 1. The molecule has 0 aliphatic carbocycles. The molecule has 2 amide bonds. The standard InChI is InChI=1S/C23H26ClN3O2/c1-2-19-5-3-4-6-21(19)25-22(28)17-26-13-15-27(16-14-26)23(29)12-9-18-7-10-20(24)11-8-18/h3-12H,2,13-17H2,1H3,(H,25,28)/b12-9+. The molecule has 6 heteroatoms. The zero-order valence-electron chi connectivity index (χ0n) is 16.6. The van der Waals surface area contributed by atoms with Gasteiger partial charge in [0.2, 0.25) is 11.8 Å². The van der Waals surface area contributed by atoms with Crippen LogP contribution in [0.2, 0.25) is 5.02 Å². The molecule has 152 valence electrons. The van der Waals surface area contributed by atoms with Crippen molar-refractivity contribution in [2.24, 2.45) is 0 Å². The normalized spacial score (nSPS) is 14.9. The molecule has 29 heavy (non-hydrogen) atoms. The number of anilines is 1. The molecule has 1 aliphatic heterocycles. The van der Waals surface area contributed by atoms with Gasteiger partial charge in [-0.05, 0) is 41.8 Å². The second-order valence-electron chi connectivity index (χ2n) is 7.05. The first-order valence-corrected chi connectivity index (χ1v) is 10.3. The number of aryl methyl sites for hydroxylation is 1. The fourth-order valence-electron chi connectivity index (χ4n) is 3.32. The lowest BCUT2D eigenvalue weighted by Gasteiger charge is -2.33. The van der Waals surface area contributed by atoms with E-state index in [1.54, 1.807) is 24.3 Å². The molecule has 1 N–H and O–H groups in total. The monoisotopic (exact) mass is 411 g/mol. The number of rotatable bonds is 6. The van der Waals surface area contributed by atoms with Crippen molar-refractivity contribution in [3.05, 3.63) is 70.8 Å². The van der Waals surface area contributed by atoms with Gasteiger partial charge in [-0.1, -0.05) is 48.9 Å². The maximum absolute atomic E-state index is 12.4. The van der Waals surface area contributed by atoms with Crippen LogP contribution in [-0.4, -0.2) is 54.3 Å². The maximum Gasteiger partial charge on any atom is 0.246 e. The van der Waals surface area contributed by atoms with Crippen molar-refractivity contribution in [2.75, 3.05) is 38.0 Å². The first-order chi connectivity index (χ1) is 14.0. The zero-order valence-corrected chi connectivity index (χ0v) is 17.4. The summed E-state index contributed by atoms with van der Waals surface area (Å²) in [5.74, 6) is -0.0331. The number of hydrogen-bond donors (Lipinski definition) is 1. The Morgan fingerprint density at radius 3 is 2.41 bits per heavy atom. The van der Waals surface area contributed by atoms with Gasteiger partial charge in [0.25, 0.3) is 0 Å². The Hall–Kier alpha value is -2.63. The summed E-state index contributed by atoms with van der Waals surface area (Å²) in [4.78, 5) is 28.7. The van der Waals surface area contributed by atoms with Crippen LogP contribution in [-0.2, 0) is 16.0 Å². The predicted molar refractivity (Wildman–Crippen MR) is 118 cm³/mol. The van der Waals surface area contributed by atoms with E-state index in [0.29, 0.717) is 37.7 Å². The Balaban J connectivity index is 1.45. The highest BCUT2D eigenvalue weighted by Crippen LogP contribution is 2.15. The zero-order chi connectivity index (χ0) is 20.6. The summed E-state index contributed by atoms with van der Waals surface area (Å²) in [5, 5.41) is 3.68. The topological polar surface area (TPSA) is 52.7 Å². The highest BCUT2D eigenvalue weighted by atomic mass is 35.5. The molecule has 2 aromatic rings. The van der Waals surface area contributed by atoms with Gasteiger partial charge < -0.3 is 10.2 Å². The van der Waals surface area contributed by atoms with Crippen molar-refractivity contribution in [1.29, 1.82) is 0 Å². The van der Waals surface area contributed by atoms with E-state index in [-0.39, 0.29) is 11.8 Å². The van der Waals surface area contributed by atoms with Crippen molar-refractivity contribution in [3.8, 4) is 0 Å². The van der Waals surface area contributed by atoms with E-state index in [9.17, 15) is 9.59 Å². The van der Waals surface area contributed by atoms with Gasteiger partial charge in [-0.25, -0.2) is 0 Å². The third-order valence-electron chi connectivity index (χ3n) is 5.01. The molecule has 0 atom stereocenters. The minimum absolute atomic E-state index is 0.0130. The van der Waals surface area contributed by atoms with Crippen LogP contribution >= 0.6 is 11.6 Å². The van der Waals surface area contributed by atoms with Gasteiger partial charge in [0.1, 0.15) is 0 Å². The SMILES string of the molecule is CCc1ccccc1NC(=O)CN1CCN(C(=O)/C=C/c2ccc(Cl)cc2)CC1. The summed E-state index contributed by atoms with van der Waals surface area (Å²) in [5.41, 5.74) is 2.94. The van der Waals surface area contributed by atoms with Gasteiger partial charge in [-0.3, -0.25) is 14.5 Å². The molecule has 0 bridgehead atoms. The molecule has 2 aromatic carbocycles. The van der Waals surface area contributed by atoms with Crippen LogP contribution < -0.4 is 5.32 Å². The highest BCUT2D eigenvalue weighted by Gasteiger charge is 2.21. The van der Waals surface area contributed by atoms with Crippen LogP contribution in [0.4, 0.5) is 5.69 Å².